The quantitative estimate of drug-likeness (QED) is 0.636. The molecule has 11 heteroatoms. The van der Waals surface area contributed by atoms with E-state index in [4.69, 9.17) is 9.73 Å². The number of amidine groups is 1. The minimum atomic E-state index is -0.525. The zero-order valence-corrected chi connectivity index (χ0v) is 21.7. The third-order valence-electron chi connectivity index (χ3n) is 7.45. The van der Waals surface area contributed by atoms with Crippen LogP contribution in [-0.4, -0.2) is 110 Å². The Kier molecular flexibility index (Phi) is 6.14. The normalized spacial score (nSPS) is 31.6. The third kappa shape index (κ3) is 4.52. The van der Waals surface area contributed by atoms with Gasteiger partial charge in [0.1, 0.15) is 17.6 Å². The molecule has 194 valence electrons. The summed E-state index contributed by atoms with van der Waals surface area (Å²) >= 11 is 0. The Bertz CT molecular complexity index is 1070. The first-order valence-electron chi connectivity index (χ1n) is 12.7. The Balaban J connectivity index is 1.36. The monoisotopic (exact) mass is 496 g/mol. The lowest BCUT2D eigenvalue weighted by Crippen LogP contribution is -2.68. The Labute approximate surface area is 212 Å². The lowest BCUT2D eigenvalue weighted by Gasteiger charge is -2.52. The van der Waals surface area contributed by atoms with E-state index in [9.17, 15) is 9.59 Å². The second kappa shape index (κ2) is 9.02. The molecule has 0 spiro atoms. The fourth-order valence-electron chi connectivity index (χ4n) is 5.62. The summed E-state index contributed by atoms with van der Waals surface area (Å²) in [5.74, 6) is 1.26. The fourth-order valence-corrected chi connectivity index (χ4v) is 5.62. The molecule has 5 atom stereocenters. The lowest BCUT2D eigenvalue weighted by molar-refractivity contribution is 0.0113. The van der Waals surface area contributed by atoms with Gasteiger partial charge in [0.2, 0.25) is 0 Å². The number of urea groups is 1. The summed E-state index contributed by atoms with van der Waals surface area (Å²) in [4.78, 5) is 47.8. The Morgan fingerprint density at radius 1 is 1.17 bits per heavy atom. The van der Waals surface area contributed by atoms with Gasteiger partial charge in [0.05, 0.1) is 11.7 Å². The molecule has 36 heavy (non-hydrogen) atoms. The van der Waals surface area contributed by atoms with Gasteiger partial charge in [-0.1, -0.05) is 6.08 Å². The van der Waals surface area contributed by atoms with Crippen molar-refractivity contribution in [2.75, 3.05) is 38.0 Å². The maximum Gasteiger partial charge on any atom is 0.410 e. The number of aliphatic imine (C=N–C) groups is 1. The van der Waals surface area contributed by atoms with Gasteiger partial charge in [-0.3, -0.25) is 20.1 Å². The molecule has 1 aromatic rings. The number of dihydropyridines is 1. The number of ether oxygens (including phenoxy) is 1. The Morgan fingerprint density at radius 3 is 2.67 bits per heavy atom. The highest BCUT2D eigenvalue weighted by Crippen LogP contribution is 2.40. The SMILES string of the molecule is CC1CN(C(=O)OC(C)(C)C)CCN1C1=NC2N(C(=O)Nc3cnccn3)[C@H]3CCN(C3)C2(C)C=C1. The molecule has 1 aromatic heterocycles. The van der Waals surface area contributed by atoms with E-state index in [2.05, 4.69) is 51.1 Å². The number of carbonyl (C=O) groups is 2. The van der Waals surface area contributed by atoms with Crippen LogP contribution < -0.4 is 5.32 Å². The first kappa shape index (κ1) is 24.5. The van der Waals surface area contributed by atoms with E-state index < -0.39 is 11.1 Å². The highest BCUT2D eigenvalue weighted by atomic mass is 16.6. The molecule has 0 radical (unpaired) electrons. The number of nitrogens with zero attached hydrogens (tertiary/aromatic N) is 7. The van der Waals surface area contributed by atoms with Crippen LogP contribution >= 0.6 is 0 Å². The zero-order valence-electron chi connectivity index (χ0n) is 21.7. The van der Waals surface area contributed by atoms with Crippen molar-refractivity contribution in [2.45, 2.75) is 70.4 Å². The molecule has 2 bridgehead atoms. The van der Waals surface area contributed by atoms with Crippen molar-refractivity contribution >= 4 is 23.8 Å². The van der Waals surface area contributed by atoms with Crippen molar-refractivity contribution < 1.29 is 14.3 Å². The topological polar surface area (TPSA) is 106 Å². The van der Waals surface area contributed by atoms with E-state index in [1.807, 2.05) is 25.7 Å². The second-order valence-corrected chi connectivity index (χ2v) is 11.2. The number of fused-ring (bicyclic) bond motifs is 4. The van der Waals surface area contributed by atoms with Gasteiger partial charge in [-0.05, 0) is 47.1 Å². The van der Waals surface area contributed by atoms with Crippen molar-refractivity contribution in [1.82, 2.24) is 29.6 Å². The van der Waals surface area contributed by atoms with Crippen LogP contribution in [0.4, 0.5) is 15.4 Å². The van der Waals surface area contributed by atoms with Crippen LogP contribution in [0.15, 0.2) is 35.7 Å². The largest absolute Gasteiger partial charge is 0.444 e. The fraction of sp³-hybridized carbons (Fsp3) is 0.640. The average Bonchev–Trinajstić information content (AvgIpc) is 3.26. The molecule has 5 heterocycles. The van der Waals surface area contributed by atoms with Crippen molar-refractivity contribution in [3.63, 3.8) is 0 Å². The third-order valence-corrected chi connectivity index (χ3v) is 7.45. The van der Waals surface area contributed by atoms with Gasteiger partial charge in [-0.15, -0.1) is 0 Å². The van der Waals surface area contributed by atoms with Gasteiger partial charge in [-0.2, -0.15) is 0 Å². The van der Waals surface area contributed by atoms with Gasteiger partial charge in [-0.25, -0.2) is 19.6 Å². The maximum atomic E-state index is 13.5. The molecule has 4 unspecified atom stereocenters. The lowest BCUT2D eigenvalue weighted by atomic mass is 9.89. The molecule has 3 amide bonds. The van der Waals surface area contributed by atoms with Crippen LogP contribution in [0.1, 0.15) is 41.0 Å². The van der Waals surface area contributed by atoms with E-state index in [0.29, 0.717) is 25.5 Å². The van der Waals surface area contributed by atoms with Crippen LogP contribution in [0.3, 0.4) is 0 Å². The summed E-state index contributed by atoms with van der Waals surface area (Å²) in [6.45, 7) is 13.4. The number of aromatic nitrogens is 2. The molecule has 5 rings (SSSR count). The van der Waals surface area contributed by atoms with E-state index in [-0.39, 0.29) is 30.4 Å². The number of amides is 3. The van der Waals surface area contributed by atoms with Crippen molar-refractivity contribution in [1.29, 1.82) is 0 Å². The number of hydrogen-bond acceptors (Lipinski definition) is 8. The standard InChI is InChI=1S/C25H36N8O3/c1-17-15-30(23(35)36-24(2,3)4)12-13-32(17)20-6-8-25(5)21(29-20)33(18-7-11-31(25)16-18)22(34)28-19-14-26-9-10-27-19/h6,8-10,14,17-18,21H,7,11-13,15-16H2,1-5H3,(H,27,28,34)/t17?,18-,21?,25?/m0/s1. The molecule has 1 N–H and O–H groups in total. The highest BCUT2D eigenvalue weighted by molar-refractivity contribution is 5.95. The predicted molar refractivity (Wildman–Crippen MR) is 136 cm³/mol. The van der Waals surface area contributed by atoms with Gasteiger partial charge >= 0.3 is 12.1 Å². The number of anilines is 1. The number of carbonyl (C=O) groups excluding carboxylic acids is 2. The van der Waals surface area contributed by atoms with Gasteiger partial charge in [0.15, 0.2) is 5.82 Å². The maximum absolute atomic E-state index is 13.5. The number of hydrogen-bond donors (Lipinski definition) is 1. The van der Waals surface area contributed by atoms with Crippen LogP contribution in [0.25, 0.3) is 0 Å². The molecule has 11 nitrogen and oxygen atoms in total. The summed E-state index contributed by atoms with van der Waals surface area (Å²) in [6.07, 6.45) is 9.20. The zero-order chi connectivity index (χ0) is 25.7. The Morgan fingerprint density at radius 2 is 1.97 bits per heavy atom. The van der Waals surface area contributed by atoms with Crippen LogP contribution in [-0.2, 0) is 4.74 Å². The van der Waals surface area contributed by atoms with E-state index in [1.54, 1.807) is 23.5 Å². The summed E-state index contributed by atoms with van der Waals surface area (Å²) in [5, 5.41) is 2.91. The minimum Gasteiger partial charge on any atom is -0.444 e. The summed E-state index contributed by atoms with van der Waals surface area (Å²) in [7, 11) is 0. The second-order valence-electron chi connectivity index (χ2n) is 11.2. The molecule has 0 aromatic carbocycles. The smallest absolute Gasteiger partial charge is 0.410 e. The van der Waals surface area contributed by atoms with Crippen LogP contribution in [0.2, 0.25) is 0 Å². The van der Waals surface area contributed by atoms with E-state index in [1.165, 1.54) is 0 Å². The highest BCUT2D eigenvalue weighted by Gasteiger charge is 2.54. The molecular weight excluding hydrogens is 460 g/mol. The first-order chi connectivity index (χ1) is 17.0. The number of rotatable bonds is 1. The average molecular weight is 497 g/mol. The van der Waals surface area contributed by atoms with Crippen LogP contribution in [0, 0.1) is 0 Å². The van der Waals surface area contributed by atoms with Crippen molar-refractivity contribution in [3.05, 3.63) is 30.7 Å². The molecule has 4 aliphatic rings. The van der Waals surface area contributed by atoms with E-state index >= 15 is 0 Å². The predicted octanol–water partition coefficient (Wildman–Crippen LogP) is 2.39. The molecule has 3 fully saturated rings. The molecular formula is C25H36N8O3. The molecule has 4 aliphatic heterocycles. The summed E-state index contributed by atoms with van der Waals surface area (Å²) in [6, 6.07) is -0.0707. The summed E-state index contributed by atoms with van der Waals surface area (Å²) in [5.41, 5.74) is -0.916. The van der Waals surface area contributed by atoms with Gasteiger partial charge in [0.25, 0.3) is 0 Å². The minimum absolute atomic E-state index is 0.0570. The Hall–Kier alpha value is -3.21. The van der Waals surface area contributed by atoms with Crippen LogP contribution in [0.5, 0.6) is 0 Å². The van der Waals surface area contributed by atoms with E-state index in [0.717, 1.165) is 25.3 Å². The number of piperazine rings is 2. The van der Waals surface area contributed by atoms with Gasteiger partial charge in [0, 0.05) is 57.2 Å². The molecule has 0 saturated carbocycles. The van der Waals surface area contributed by atoms with Crippen molar-refractivity contribution in [2.24, 2.45) is 4.99 Å². The van der Waals surface area contributed by atoms with Gasteiger partial charge < -0.3 is 14.5 Å². The summed E-state index contributed by atoms with van der Waals surface area (Å²) < 4.78 is 5.57. The first-order valence-corrected chi connectivity index (χ1v) is 12.7. The van der Waals surface area contributed by atoms with Crippen molar-refractivity contribution in [3.8, 4) is 0 Å². The molecule has 3 saturated heterocycles. The number of nitrogens with one attached hydrogen (secondary N) is 1. The molecule has 0 aliphatic carbocycles.